The van der Waals surface area contributed by atoms with E-state index < -0.39 is 5.91 Å². The van der Waals surface area contributed by atoms with Crippen LogP contribution in [-0.4, -0.2) is 23.5 Å². The van der Waals surface area contributed by atoms with Crippen LogP contribution in [0.3, 0.4) is 0 Å². The Morgan fingerprint density at radius 1 is 1.05 bits per heavy atom. The number of para-hydroxylation sites is 1. The number of thiocarbonyl (C=S) groups is 1. The number of anilines is 1. The number of carbonyl (C=O) groups is 2. The van der Waals surface area contributed by atoms with Crippen LogP contribution in [0.2, 0.25) is 0 Å². The van der Waals surface area contributed by atoms with Gasteiger partial charge in [0.1, 0.15) is 0 Å². The highest BCUT2D eigenvalue weighted by atomic mass is 32.1. The van der Waals surface area contributed by atoms with E-state index in [0.29, 0.717) is 4.88 Å². The molecule has 22 heavy (non-hydrogen) atoms. The molecule has 4 N–H and O–H groups in total. The van der Waals surface area contributed by atoms with Gasteiger partial charge in [-0.2, -0.15) is 0 Å². The second kappa shape index (κ2) is 8.11. The second-order valence-corrected chi connectivity index (χ2v) is 5.51. The van der Waals surface area contributed by atoms with Gasteiger partial charge in [0, 0.05) is 5.69 Å². The minimum Gasteiger partial charge on any atom is -0.342 e. The minimum atomic E-state index is -0.401. The van der Waals surface area contributed by atoms with E-state index in [1.807, 2.05) is 30.3 Å². The van der Waals surface area contributed by atoms with Gasteiger partial charge in [-0.1, -0.05) is 24.3 Å². The monoisotopic (exact) mass is 334 g/mol. The maximum atomic E-state index is 11.7. The molecule has 1 aromatic carbocycles. The summed E-state index contributed by atoms with van der Waals surface area (Å²) in [5.41, 5.74) is 5.77. The van der Waals surface area contributed by atoms with Gasteiger partial charge >= 0.3 is 0 Å². The molecule has 6 nitrogen and oxygen atoms in total. The van der Waals surface area contributed by atoms with E-state index in [1.54, 1.807) is 17.5 Å². The Labute approximate surface area is 136 Å². The molecule has 0 aliphatic heterocycles. The molecule has 0 fully saturated rings. The van der Waals surface area contributed by atoms with E-state index in [4.69, 9.17) is 12.2 Å². The van der Waals surface area contributed by atoms with Crippen molar-refractivity contribution < 1.29 is 9.59 Å². The predicted molar refractivity (Wildman–Crippen MR) is 90.6 cm³/mol. The summed E-state index contributed by atoms with van der Waals surface area (Å²) >= 11 is 6.34. The maximum Gasteiger partial charge on any atom is 0.261 e. The number of rotatable bonds is 4. The van der Waals surface area contributed by atoms with E-state index in [2.05, 4.69) is 21.5 Å². The van der Waals surface area contributed by atoms with Crippen LogP contribution in [0.5, 0.6) is 0 Å². The summed E-state index contributed by atoms with van der Waals surface area (Å²) in [7, 11) is 0. The molecule has 2 amide bonds. The van der Waals surface area contributed by atoms with Gasteiger partial charge in [0.2, 0.25) is 0 Å². The van der Waals surface area contributed by atoms with Crippen LogP contribution < -0.4 is 21.5 Å². The topological polar surface area (TPSA) is 82.3 Å². The summed E-state index contributed by atoms with van der Waals surface area (Å²) < 4.78 is 0. The van der Waals surface area contributed by atoms with Crippen LogP contribution in [0.25, 0.3) is 0 Å². The fraction of sp³-hybridized carbons (Fsp3) is 0.0714. The van der Waals surface area contributed by atoms with Crippen molar-refractivity contribution in [3.05, 3.63) is 52.7 Å². The molecule has 1 heterocycles. The lowest BCUT2D eigenvalue weighted by Crippen LogP contribution is -2.47. The molecular formula is C14H14N4O2S2. The number of benzene rings is 1. The van der Waals surface area contributed by atoms with Crippen LogP contribution in [0.15, 0.2) is 47.8 Å². The number of hydrazine groups is 1. The molecule has 0 aliphatic carbocycles. The highest BCUT2D eigenvalue weighted by molar-refractivity contribution is 7.80. The van der Waals surface area contributed by atoms with Crippen molar-refractivity contribution in [2.75, 3.05) is 11.9 Å². The molecule has 114 valence electrons. The Kier molecular flexibility index (Phi) is 5.87. The Morgan fingerprint density at radius 2 is 1.82 bits per heavy atom. The third-order valence-corrected chi connectivity index (χ3v) is 3.57. The van der Waals surface area contributed by atoms with Gasteiger partial charge in [0.05, 0.1) is 11.4 Å². The average molecular weight is 334 g/mol. The fourth-order valence-electron chi connectivity index (χ4n) is 1.51. The third-order valence-electron chi connectivity index (χ3n) is 2.50. The second-order valence-electron chi connectivity index (χ2n) is 4.15. The van der Waals surface area contributed by atoms with Crippen molar-refractivity contribution in [2.24, 2.45) is 0 Å². The third kappa shape index (κ3) is 5.15. The van der Waals surface area contributed by atoms with Crippen molar-refractivity contribution in [1.29, 1.82) is 0 Å². The van der Waals surface area contributed by atoms with Crippen LogP contribution in [0.1, 0.15) is 9.67 Å². The first kappa shape index (κ1) is 15.9. The molecule has 0 spiro atoms. The van der Waals surface area contributed by atoms with Gasteiger partial charge in [-0.05, 0) is 35.8 Å². The Bertz CT molecular complexity index is 644. The van der Waals surface area contributed by atoms with E-state index in [-0.39, 0.29) is 17.6 Å². The molecule has 0 saturated carbocycles. The summed E-state index contributed by atoms with van der Waals surface area (Å²) in [6, 6.07) is 12.8. The van der Waals surface area contributed by atoms with E-state index in [9.17, 15) is 9.59 Å². The molecule has 0 atom stereocenters. The first-order chi connectivity index (χ1) is 10.6. The highest BCUT2D eigenvalue weighted by Gasteiger charge is 2.08. The first-order valence-electron chi connectivity index (χ1n) is 6.38. The molecule has 8 heteroatoms. The average Bonchev–Trinajstić information content (AvgIpc) is 3.06. The van der Waals surface area contributed by atoms with Crippen LogP contribution in [0.4, 0.5) is 5.69 Å². The van der Waals surface area contributed by atoms with Crippen LogP contribution in [-0.2, 0) is 4.79 Å². The quantitative estimate of drug-likeness (QED) is 0.503. The van der Waals surface area contributed by atoms with Gasteiger partial charge < -0.3 is 10.6 Å². The Hall–Kier alpha value is -2.45. The van der Waals surface area contributed by atoms with Crippen molar-refractivity contribution in [3.63, 3.8) is 0 Å². The Morgan fingerprint density at radius 3 is 2.50 bits per heavy atom. The smallest absolute Gasteiger partial charge is 0.261 e. The number of carbonyl (C=O) groups excluding carboxylic acids is 2. The van der Waals surface area contributed by atoms with Crippen LogP contribution >= 0.6 is 23.6 Å². The molecule has 0 radical (unpaired) electrons. The molecule has 1 aromatic heterocycles. The lowest BCUT2D eigenvalue weighted by molar-refractivity contribution is -0.120. The summed E-state index contributed by atoms with van der Waals surface area (Å²) in [6.45, 7) is -0.141. The molecule has 0 unspecified atom stereocenters. The van der Waals surface area contributed by atoms with Crippen molar-refractivity contribution in [3.8, 4) is 0 Å². The van der Waals surface area contributed by atoms with Crippen LogP contribution in [0, 0.1) is 0 Å². The first-order valence-corrected chi connectivity index (χ1v) is 7.66. The van der Waals surface area contributed by atoms with E-state index in [1.165, 1.54) is 11.3 Å². The van der Waals surface area contributed by atoms with Gasteiger partial charge in [-0.15, -0.1) is 11.3 Å². The van der Waals surface area contributed by atoms with Gasteiger partial charge in [-0.3, -0.25) is 20.4 Å². The summed E-state index contributed by atoms with van der Waals surface area (Å²) in [5.74, 6) is -0.683. The molecule has 0 aliphatic rings. The lowest BCUT2D eigenvalue weighted by Gasteiger charge is -2.11. The summed E-state index contributed by atoms with van der Waals surface area (Å²) in [6.07, 6.45) is 0. The van der Waals surface area contributed by atoms with Crippen molar-refractivity contribution in [1.82, 2.24) is 16.2 Å². The number of amides is 2. The Balaban J connectivity index is 1.67. The predicted octanol–water partition coefficient (Wildman–Crippen LogP) is 1.50. The van der Waals surface area contributed by atoms with Gasteiger partial charge in [-0.25, -0.2) is 0 Å². The maximum absolute atomic E-state index is 11.7. The van der Waals surface area contributed by atoms with E-state index >= 15 is 0 Å². The molecule has 0 saturated heterocycles. The summed E-state index contributed by atoms with van der Waals surface area (Å²) in [4.78, 5) is 23.8. The number of thiophene rings is 1. The molecule has 2 rings (SSSR count). The number of hydrogen-bond donors (Lipinski definition) is 4. The van der Waals surface area contributed by atoms with Gasteiger partial charge in [0.25, 0.3) is 11.8 Å². The molecular weight excluding hydrogens is 320 g/mol. The van der Waals surface area contributed by atoms with E-state index in [0.717, 1.165) is 5.69 Å². The molecule has 0 bridgehead atoms. The van der Waals surface area contributed by atoms with Gasteiger partial charge in [0.15, 0.2) is 5.11 Å². The standard InChI is InChI=1S/C14H14N4O2S2/c19-12(9-15-13(20)11-7-4-8-22-11)17-18-14(21)16-10-5-2-1-3-6-10/h1-8H,9H2,(H,15,20)(H,17,19)(H2,16,18,21). The molecule has 2 aromatic rings. The zero-order valence-electron chi connectivity index (χ0n) is 11.5. The van der Waals surface area contributed by atoms with Crippen molar-refractivity contribution in [2.45, 2.75) is 0 Å². The largest absolute Gasteiger partial charge is 0.342 e. The SMILES string of the molecule is O=C(CNC(=O)c1cccs1)NNC(=S)Nc1ccccc1. The highest BCUT2D eigenvalue weighted by Crippen LogP contribution is 2.07. The fourth-order valence-corrected chi connectivity index (χ4v) is 2.32. The number of nitrogens with one attached hydrogen (secondary N) is 4. The normalized spacial score (nSPS) is 9.64. The lowest BCUT2D eigenvalue weighted by atomic mass is 10.3. The number of hydrogen-bond acceptors (Lipinski definition) is 4. The van der Waals surface area contributed by atoms with Crippen molar-refractivity contribution >= 4 is 46.2 Å². The summed E-state index contributed by atoms with van der Waals surface area (Å²) in [5, 5.41) is 7.47. The minimum absolute atomic E-state index is 0.141. The zero-order chi connectivity index (χ0) is 15.8. The zero-order valence-corrected chi connectivity index (χ0v) is 13.1.